The van der Waals surface area contributed by atoms with Gasteiger partial charge < -0.3 is 9.47 Å². The normalized spacial score (nSPS) is 11.6. The molecular weight excluding hydrogens is 530 g/mol. The lowest BCUT2D eigenvalue weighted by atomic mass is 10.2. The van der Waals surface area contributed by atoms with Crippen molar-refractivity contribution in [2.24, 2.45) is 5.10 Å². The largest absolute Gasteiger partial charge is 0.481 e. The maximum Gasteiger partial charge on any atom is 0.345 e. The van der Waals surface area contributed by atoms with Crippen LogP contribution >= 0.6 is 27.5 Å². The number of hydrogen-bond donors (Lipinski definition) is 1. The number of ether oxygens (including phenoxy) is 2. The van der Waals surface area contributed by atoms with E-state index in [2.05, 4.69) is 26.5 Å². The molecule has 1 N–H and O–H groups in total. The quantitative estimate of drug-likeness (QED) is 0.137. The summed E-state index contributed by atoms with van der Waals surface area (Å²) in [6, 6.07) is 16.7. The van der Waals surface area contributed by atoms with Gasteiger partial charge in [-0.2, -0.15) is 5.10 Å². The molecular formula is C23H17BrClN3O6. The van der Waals surface area contributed by atoms with Crippen LogP contribution in [0.1, 0.15) is 22.8 Å². The van der Waals surface area contributed by atoms with Crippen molar-refractivity contribution in [2.45, 2.75) is 13.0 Å². The number of halogens is 2. The molecule has 0 spiro atoms. The van der Waals surface area contributed by atoms with Crippen molar-refractivity contribution in [3.05, 3.63) is 97.5 Å². The van der Waals surface area contributed by atoms with Crippen LogP contribution in [0, 0.1) is 10.1 Å². The molecule has 174 valence electrons. The van der Waals surface area contributed by atoms with Crippen LogP contribution in [-0.2, 0) is 4.79 Å². The van der Waals surface area contributed by atoms with Crippen molar-refractivity contribution in [2.75, 3.05) is 0 Å². The molecule has 1 amide bonds. The summed E-state index contributed by atoms with van der Waals surface area (Å²) in [4.78, 5) is 35.0. The summed E-state index contributed by atoms with van der Waals surface area (Å²) in [7, 11) is 0. The molecule has 9 nitrogen and oxygen atoms in total. The number of amides is 1. The summed E-state index contributed by atoms with van der Waals surface area (Å²) in [5.41, 5.74) is 2.88. The number of non-ortho nitro benzene ring substituents is 1. The van der Waals surface area contributed by atoms with Crippen molar-refractivity contribution in [3.63, 3.8) is 0 Å². The van der Waals surface area contributed by atoms with Gasteiger partial charge in [0.1, 0.15) is 11.5 Å². The molecule has 1 atom stereocenters. The van der Waals surface area contributed by atoms with E-state index in [0.717, 1.165) is 0 Å². The van der Waals surface area contributed by atoms with E-state index in [1.165, 1.54) is 37.4 Å². The molecule has 0 aliphatic heterocycles. The van der Waals surface area contributed by atoms with Gasteiger partial charge in [-0.05, 0) is 49.4 Å². The number of carbonyl (C=O) groups is 2. The summed E-state index contributed by atoms with van der Waals surface area (Å²) >= 11 is 9.40. The summed E-state index contributed by atoms with van der Waals surface area (Å²) in [6.07, 6.45) is 0.384. The van der Waals surface area contributed by atoms with Crippen LogP contribution in [0.5, 0.6) is 11.5 Å². The van der Waals surface area contributed by atoms with E-state index in [1.807, 2.05) is 0 Å². The number of nitro groups is 1. The van der Waals surface area contributed by atoms with Crippen molar-refractivity contribution in [3.8, 4) is 11.5 Å². The van der Waals surface area contributed by atoms with Crippen LogP contribution in [0.15, 0.2) is 76.3 Å². The average molecular weight is 547 g/mol. The molecule has 0 radical (unpaired) electrons. The predicted octanol–water partition coefficient (Wildman–Crippen LogP) is 5.15. The topological polar surface area (TPSA) is 120 Å². The number of carbonyl (C=O) groups excluding carboxylic acids is 2. The second-order valence-electron chi connectivity index (χ2n) is 6.80. The fraction of sp³-hybridized carbons (Fsp3) is 0.0870. The Hall–Kier alpha value is -3.76. The molecule has 34 heavy (non-hydrogen) atoms. The van der Waals surface area contributed by atoms with Crippen LogP contribution in [0.3, 0.4) is 0 Å². The van der Waals surface area contributed by atoms with Gasteiger partial charge in [0.15, 0.2) is 6.10 Å². The third kappa shape index (κ3) is 6.63. The number of nitrogens with zero attached hydrogens (tertiary/aromatic N) is 2. The minimum atomic E-state index is -0.932. The van der Waals surface area contributed by atoms with E-state index in [-0.39, 0.29) is 27.8 Å². The van der Waals surface area contributed by atoms with E-state index in [4.69, 9.17) is 21.1 Å². The first-order valence-electron chi connectivity index (χ1n) is 9.75. The Morgan fingerprint density at radius 2 is 1.85 bits per heavy atom. The van der Waals surface area contributed by atoms with Gasteiger partial charge in [-0.3, -0.25) is 14.9 Å². The molecule has 0 aromatic heterocycles. The first-order valence-corrected chi connectivity index (χ1v) is 10.9. The van der Waals surface area contributed by atoms with Crippen molar-refractivity contribution in [1.82, 2.24) is 5.43 Å². The van der Waals surface area contributed by atoms with E-state index in [1.54, 1.807) is 42.5 Å². The molecule has 0 aliphatic rings. The molecule has 0 saturated carbocycles. The first-order chi connectivity index (χ1) is 16.2. The zero-order chi connectivity index (χ0) is 24.7. The third-order valence-electron chi connectivity index (χ3n) is 4.38. The Labute approximate surface area is 207 Å². The second-order valence-corrected chi connectivity index (χ2v) is 8.12. The number of esters is 1. The Balaban J connectivity index is 1.65. The highest BCUT2D eigenvalue weighted by Crippen LogP contribution is 2.24. The van der Waals surface area contributed by atoms with Gasteiger partial charge in [-0.1, -0.05) is 39.7 Å². The average Bonchev–Trinajstić information content (AvgIpc) is 2.81. The fourth-order valence-electron chi connectivity index (χ4n) is 2.66. The van der Waals surface area contributed by atoms with E-state index in [9.17, 15) is 19.7 Å². The van der Waals surface area contributed by atoms with E-state index in [0.29, 0.717) is 10.0 Å². The van der Waals surface area contributed by atoms with Crippen molar-refractivity contribution >= 4 is 51.3 Å². The van der Waals surface area contributed by atoms with Gasteiger partial charge in [0.05, 0.1) is 21.7 Å². The molecule has 3 aromatic rings. The lowest BCUT2D eigenvalue weighted by Crippen LogP contribution is -2.33. The van der Waals surface area contributed by atoms with Gasteiger partial charge in [-0.15, -0.1) is 0 Å². The zero-order valence-electron chi connectivity index (χ0n) is 17.6. The number of hydrogen-bond acceptors (Lipinski definition) is 7. The highest BCUT2D eigenvalue weighted by Gasteiger charge is 2.16. The van der Waals surface area contributed by atoms with Gasteiger partial charge in [-0.25, -0.2) is 10.2 Å². The number of nitrogens with one attached hydrogen (secondary N) is 1. The second kappa shape index (κ2) is 11.4. The third-order valence-corrected chi connectivity index (χ3v) is 5.20. The highest BCUT2D eigenvalue weighted by molar-refractivity contribution is 9.10. The number of hydrazone groups is 1. The molecule has 3 rings (SSSR count). The van der Waals surface area contributed by atoms with Gasteiger partial charge in [0.2, 0.25) is 0 Å². The smallest absolute Gasteiger partial charge is 0.345 e. The molecule has 0 heterocycles. The molecule has 0 bridgehead atoms. The summed E-state index contributed by atoms with van der Waals surface area (Å²) in [6.45, 7) is 1.50. The summed E-state index contributed by atoms with van der Waals surface area (Å²) < 4.78 is 11.6. The van der Waals surface area contributed by atoms with Crippen LogP contribution in [0.4, 0.5) is 5.69 Å². The minimum Gasteiger partial charge on any atom is -0.481 e. The summed E-state index contributed by atoms with van der Waals surface area (Å²) in [5, 5.41) is 14.9. The highest BCUT2D eigenvalue weighted by atomic mass is 79.9. The Morgan fingerprint density at radius 3 is 2.53 bits per heavy atom. The van der Waals surface area contributed by atoms with Gasteiger partial charge in [0, 0.05) is 22.2 Å². The fourth-order valence-corrected chi connectivity index (χ4v) is 3.25. The Kier molecular flexibility index (Phi) is 8.34. The monoisotopic (exact) mass is 545 g/mol. The molecule has 1 unspecified atom stereocenters. The standard InChI is InChI=1S/C23H17BrClN3O6/c1-14(33-18-9-7-17(8-10-18)28(31)32)22(29)27-26-13-15-12-16(24)6-11-21(15)34-23(30)19-4-2-3-5-20(19)25/h2-14H,1H3,(H,27,29)/b26-13+. The molecule has 3 aromatic carbocycles. The molecule has 0 aliphatic carbocycles. The van der Waals surface area contributed by atoms with Gasteiger partial charge in [0.25, 0.3) is 11.6 Å². The molecule has 0 fully saturated rings. The number of nitro benzene ring substituents is 1. The van der Waals surface area contributed by atoms with Crippen molar-refractivity contribution < 1.29 is 24.0 Å². The van der Waals surface area contributed by atoms with Crippen LogP contribution < -0.4 is 14.9 Å². The van der Waals surface area contributed by atoms with Crippen molar-refractivity contribution in [1.29, 1.82) is 0 Å². The lowest BCUT2D eigenvalue weighted by Gasteiger charge is -2.13. The van der Waals surface area contributed by atoms with Crippen LogP contribution in [0.2, 0.25) is 5.02 Å². The summed E-state index contributed by atoms with van der Waals surface area (Å²) in [5.74, 6) is -0.699. The van der Waals surface area contributed by atoms with Crippen LogP contribution in [-0.4, -0.2) is 29.1 Å². The Bertz CT molecular complexity index is 1250. The first kappa shape index (κ1) is 24.9. The lowest BCUT2D eigenvalue weighted by molar-refractivity contribution is -0.384. The Morgan fingerprint density at radius 1 is 1.15 bits per heavy atom. The predicted molar refractivity (Wildman–Crippen MR) is 129 cm³/mol. The van der Waals surface area contributed by atoms with E-state index < -0.39 is 22.9 Å². The zero-order valence-corrected chi connectivity index (χ0v) is 19.9. The minimum absolute atomic E-state index is 0.0888. The molecule has 0 saturated heterocycles. The van der Waals surface area contributed by atoms with Gasteiger partial charge >= 0.3 is 5.97 Å². The SMILES string of the molecule is CC(Oc1ccc([N+](=O)[O-])cc1)C(=O)N/N=C/c1cc(Br)ccc1OC(=O)c1ccccc1Cl. The maximum absolute atomic E-state index is 12.5. The van der Waals surface area contributed by atoms with E-state index >= 15 is 0 Å². The van der Waals surface area contributed by atoms with Crippen LogP contribution in [0.25, 0.3) is 0 Å². The number of rotatable bonds is 8. The maximum atomic E-state index is 12.5. The number of benzene rings is 3. The molecule has 11 heteroatoms.